The molecule has 1 saturated heterocycles. The first-order chi connectivity index (χ1) is 12.5. The van der Waals surface area contributed by atoms with Crippen molar-refractivity contribution in [3.8, 4) is 5.75 Å². The largest absolute Gasteiger partial charge is 0.491 e. The summed E-state index contributed by atoms with van der Waals surface area (Å²) in [5.74, 6) is 0.879. The molecule has 0 aromatic heterocycles. The number of nitrogens with one attached hydrogen (secondary N) is 1. The van der Waals surface area contributed by atoms with Gasteiger partial charge >= 0.3 is 6.03 Å². The third-order valence-electron chi connectivity index (χ3n) is 4.24. The van der Waals surface area contributed by atoms with E-state index in [1.807, 2.05) is 30.9 Å². The first-order valence-corrected chi connectivity index (χ1v) is 9.22. The second-order valence-corrected chi connectivity index (χ2v) is 7.01. The number of ether oxygens (including phenoxy) is 1. The minimum atomic E-state index is -0.0762. The fourth-order valence-corrected chi connectivity index (χ4v) is 3.04. The fraction of sp³-hybridized carbons (Fsp3) is 0.350. The molecule has 1 aliphatic rings. The van der Waals surface area contributed by atoms with Gasteiger partial charge in [0.15, 0.2) is 0 Å². The van der Waals surface area contributed by atoms with Crippen LogP contribution in [0.1, 0.15) is 13.8 Å². The lowest BCUT2D eigenvalue weighted by molar-refractivity contribution is 0.208. The molecular weight excluding hydrogens is 350 g/mol. The van der Waals surface area contributed by atoms with Gasteiger partial charge in [-0.1, -0.05) is 11.6 Å². The highest BCUT2D eigenvalue weighted by Crippen LogP contribution is 2.22. The maximum atomic E-state index is 12.4. The highest BCUT2D eigenvalue weighted by Gasteiger charge is 2.21. The molecule has 3 rings (SSSR count). The van der Waals surface area contributed by atoms with Crippen LogP contribution in [0.5, 0.6) is 5.75 Å². The number of rotatable bonds is 4. The number of hydrogen-bond acceptors (Lipinski definition) is 3. The smallest absolute Gasteiger partial charge is 0.321 e. The maximum absolute atomic E-state index is 12.4. The standard InChI is InChI=1S/C20H24ClN3O2/c1-15(2)26-19-9-7-18(8-10-19)23-11-13-24(14-12-23)20(25)22-17-5-3-16(21)4-6-17/h3-10,15H,11-14H2,1-2H3,(H,22,25). The molecule has 0 aliphatic carbocycles. The number of benzene rings is 2. The predicted molar refractivity (Wildman–Crippen MR) is 106 cm³/mol. The highest BCUT2D eigenvalue weighted by atomic mass is 35.5. The van der Waals surface area contributed by atoms with Gasteiger partial charge in [-0.15, -0.1) is 0 Å². The van der Waals surface area contributed by atoms with E-state index in [1.54, 1.807) is 24.3 Å². The summed E-state index contributed by atoms with van der Waals surface area (Å²) in [7, 11) is 0. The summed E-state index contributed by atoms with van der Waals surface area (Å²) in [6, 6.07) is 15.2. The minimum absolute atomic E-state index is 0.0762. The van der Waals surface area contributed by atoms with Gasteiger partial charge in [-0.25, -0.2) is 4.79 Å². The van der Waals surface area contributed by atoms with Crippen LogP contribution in [0.2, 0.25) is 5.02 Å². The Hall–Kier alpha value is -2.40. The first kappa shape index (κ1) is 18.4. The number of amides is 2. The molecule has 0 radical (unpaired) electrons. The van der Waals surface area contributed by atoms with E-state index in [0.717, 1.165) is 30.2 Å². The van der Waals surface area contributed by atoms with Crippen molar-refractivity contribution < 1.29 is 9.53 Å². The second kappa shape index (κ2) is 8.32. The van der Waals surface area contributed by atoms with Crippen LogP contribution in [-0.4, -0.2) is 43.2 Å². The topological polar surface area (TPSA) is 44.8 Å². The predicted octanol–water partition coefficient (Wildman–Crippen LogP) is 4.48. The molecule has 0 unspecified atom stereocenters. The normalized spacial score (nSPS) is 14.5. The number of nitrogens with zero attached hydrogens (tertiary/aromatic N) is 2. The third-order valence-corrected chi connectivity index (χ3v) is 4.49. The molecule has 26 heavy (non-hydrogen) atoms. The maximum Gasteiger partial charge on any atom is 0.321 e. The van der Waals surface area contributed by atoms with Crippen molar-refractivity contribution in [3.63, 3.8) is 0 Å². The molecule has 0 bridgehead atoms. The molecule has 1 aliphatic heterocycles. The summed E-state index contributed by atoms with van der Waals surface area (Å²) < 4.78 is 5.68. The summed E-state index contributed by atoms with van der Waals surface area (Å²) in [5, 5.41) is 3.57. The zero-order chi connectivity index (χ0) is 18.5. The number of carbonyl (C=O) groups excluding carboxylic acids is 1. The van der Waals surface area contributed by atoms with Crippen molar-refractivity contribution in [2.75, 3.05) is 36.4 Å². The van der Waals surface area contributed by atoms with Crippen LogP contribution in [0.4, 0.5) is 16.2 Å². The summed E-state index contributed by atoms with van der Waals surface area (Å²) in [4.78, 5) is 16.5. The molecule has 1 fully saturated rings. The van der Waals surface area contributed by atoms with Gasteiger partial charge in [-0.05, 0) is 62.4 Å². The molecule has 0 atom stereocenters. The van der Waals surface area contributed by atoms with E-state index >= 15 is 0 Å². The van der Waals surface area contributed by atoms with Gasteiger partial charge in [0.2, 0.25) is 0 Å². The van der Waals surface area contributed by atoms with E-state index in [1.165, 1.54) is 0 Å². The molecule has 2 amide bonds. The van der Waals surface area contributed by atoms with Gasteiger partial charge in [-0.2, -0.15) is 0 Å². The van der Waals surface area contributed by atoms with E-state index in [2.05, 4.69) is 22.3 Å². The average molecular weight is 374 g/mol. The number of anilines is 2. The molecule has 1 heterocycles. The van der Waals surface area contributed by atoms with Crippen LogP contribution in [0.3, 0.4) is 0 Å². The molecule has 0 saturated carbocycles. The fourth-order valence-electron chi connectivity index (χ4n) is 2.91. The number of urea groups is 1. The van der Waals surface area contributed by atoms with Crippen molar-refractivity contribution in [3.05, 3.63) is 53.6 Å². The summed E-state index contributed by atoms with van der Waals surface area (Å²) in [6.45, 7) is 7.01. The summed E-state index contributed by atoms with van der Waals surface area (Å²) in [5.41, 5.74) is 1.90. The van der Waals surface area contributed by atoms with Gasteiger partial charge in [0.25, 0.3) is 0 Å². The Balaban J connectivity index is 1.52. The van der Waals surface area contributed by atoms with Crippen molar-refractivity contribution in [2.24, 2.45) is 0 Å². The Bertz CT molecular complexity index is 724. The van der Waals surface area contributed by atoms with Crippen molar-refractivity contribution in [1.29, 1.82) is 0 Å². The Labute approximate surface area is 159 Å². The number of halogens is 1. The Morgan fingerprint density at radius 1 is 1.00 bits per heavy atom. The van der Waals surface area contributed by atoms with Crippen molar-refractivity contribution in [2.45, 2.75) is 20.0 Å². The van der Waals surface area contributed by atoms with E-state index in [-0.39, 0.29) is 12.1 Å². The molecule has 0 spiro atoms. The van der Waals surface area contributed by atoms with E-state index in [4.69, 9.17) is 16.3 Å². The lowest BCUT2D eigenvalue weighted by Gasteiger charge is -2.36. The van der Waals surface area contributed by atoms with Gasteiger partial charge in [-0.3, -0.25) is 0 Å². The highest BCUT2D eigenvalue weighted by molar-refractivity contribution is 6.30. The average Bonchev–Trinajstić information content (AvgIpc) is 2.64. The van der Waals surface area contributed by atoms with E-state index < -0.39 is 0 Å². The van der Waals surface area contributed by atoms with Gasteiger partial charge < -0.3 is 19.9 Å². The van der Waals surface area contributed by atoms with Crippen molar-refractivity contribution >= 4 is 29.0 Å². The molecule has 1 N–H and O–H groups in total. The summed E-state index contributed by atoms with van der Waals surface area (Å²) >= 11 is 5.87. The molecule has 2 aromatic rings. The monoisotopic (exact) mass is 373 g/mol. The molecule has 138 valence electrons. The van der Waals surface area contributed by atoms with E-state index in [9.17, 15) is 4.79 Å². The third kappa shape index (κ3) is 4.82. The van der Waals surface area contributed by atoms with Gasteiger partial charge in [0.1, 0.15) is 5.75 Å². The Kier molecular flexibility index (Phi) is 5.89. The first-order valence-electron chi connectivity index (χ1n) is 8.84. The van der Waals surface area contributed by atoms with Crippen LogP contribution in [0.15, 0.2) is 48.5 Å². The van der Waals surface area contributed by atoms with Crippen LogP contribution < -0.4 is 15.0 Å². The molecule has 5 nitrogen and oxygen atoms in total. The minimum Gasteiger partial charge on any atom is -0.491 e. The van der Waals surface area contributed by atoms with Crippen LogP contribution in [0, 0.1) is 0 Å². The van der Waals surface area contributed by atoms with E-state index in [0.29, 0.717) is 18.1 Å². The molecular formula is C20H24ClN3O2. The van der Waals surface area contributed by atoms with Crippen LogP contribution in [-0.2, 0) is 0 Å². The van der Waals surface area contributed by atoms with Gasteiger partial charge in [0, 0.05) is 42.6 Å². The lowest BCUT2D eigenvalue weighted by atomic mass is 10.2. The van der Waals surface area contributed by atoms with Crippen LogP contribution >= 0.6 is 11.6 Å². The Morgan fingerprint density at radius 3 is 2.19 bits per heavy atom. The SMILES string of the molecule is CC(C)Oc1ccc(N2CCN(C(=O)Nc3ccc(Cl)cc3)CC2)cc1. The molecule has 2 aromatic carbocycles. The number of piperazine rings is 1. The number of carbonyl (C=O) groups is 1. The zero-order valence-corrected chi connectivity index (χ0v) is 15.9. The van der Waals surface area contributed by atoms with Gasteiger partial charge in [0.05, 0.1) is 6.10 Å². The lowest BCUT2D eigenvalue weighted by Crippen LogP contribution is -2.50. The number of hydrogen-bond donors (Lipinski definition) is 1. The Morgan fingerprint density at radius 2 is 1.62 bits per heavy atom. The molecule has 6 heteroatoms. The summed E-state index contributed by atoms with van der Waals surface area (Å²) in [6.07, 6.45) is 0.170. The quantitative estimate of drug-likeness (QED) is 0.859. The second-order valence-electron chi connectivity index (χ2n) is 6.57. The zero-order valence-electron chi connectivity index (χ0n) is 15.1. The van der Waals surface area contributed by atoms with Crippen LogP contribution in [0.25, 0.3) is 0 Å². The van der Waals surface area contributed by atoms with Crippen molar-refractivity contribution in [1.82, 2.24) is 4.90 Å².